The largest absolute Gasteiger partial charge is 0.368 e. The zero-order chi connectivity index (χ0) is 21.2. The summed E-state index contributed by atoms with van der Waals surface area (Å²) in [6.07, 6.45) is 7.10. The van der Waals surface area contributed by atoms with Gasteiger partial charge in [-0.3, -0.25) is 4.79 Å². The fourth-order valence-electron chi connectivity index (χ4n) is 4.10. The standard InChI is InChI=1S/C23H25N5O3/c29-22(20-2-1-11-31-20)28-14-18(15-28)17-3-5-19(6-4-17)26-23(30)25-13-16-7-9-27-10-8-24-21(27)12-16/h3-10,12,18,20H,1-2,11,13-15H2,(H2,25,26,30)/t20-/m0/s1. The van der Waals surface area contributed by atoms with Crippen molar-refractivity contribution in [2.75, 3.05) is 25.0 Å². The molecule has 5 rings (SSSR count). The van der Waals surface area contributed by atoms with Crippen LogP contribution < -0.4 is 10.6 Å². The van der Waals surface area contributed by atoms with Gasteiger partial charge in [0.25, 0.3) is 5.91 Å². The summed E-state index contributed by atoms with van der Waals surface area (Å²) >= 11 is 0. The molecule has 3 aromatic rings. The first-order valence-corrected chi connectivity index (χ1v) is 10.6. The molecule has 2 fully saturated rings. The third-order valence-electron chi connectivity index (χ3n) is 5.95. The van der Waals surface area contributed by atoms with Gasteiger partial charge in [-0.2, -0.15) is 0 Å². The van der Waals surface area contributed by atoms with Gasteiger partial charge in [0, 0.05) is 56.4 Å². The molecule has 2 aliphatic rings. The lowest BCUT2D eigenvalue weighted by molar-refractivity contribution is -0.145. The maximum atomic E-state index is 12.3. The Morgan fingerprint density at radius 2 is 1.97 bits per heavy atom. The molecule has 2 saturated heterocycles. The van der Waals surface area contributed by atoms with Crippen LogP contribution in [-0.2, 0) is 16.1 Å². The first-order valence-electron chi connectivity index (χ1n) is 10.6. The van der Waals surface area contributed by atoms with Gasteiger partial charge in [-0.05, 0) is 48.2 Å². The van der Waals surface area contributed by atoms with Crippen molar-refractivity contribution in [1.82, 2.24) is 19.6 Å². The van der Waals surface area contributed by atoms with E-state index >= 15 is 0 Å². The maximum absolute atomic E-state index is 12.3. The van der Waals surface area contributed by atoms with Crippen molar-refractivity contribution in [3.05, 3.63) is 66.1 Å². The average molecular weight is 419 g/mol. The molecule has 8 heteroatoms. The molecule has 2 aromatic heterocycles. The highest BCUT2D eigenvalue weighted by atomic mass is 16.5. The van der Waals surface area contributed by atoms with Crippen LogP contribution >= 0.6 is 0 Å². The van der Waals surface area contributed by atoms with Gasteiger partial charge in [-0.1, -0.05) is 12.1 Å². The monoisotopic (exact) mass is 419 g/mol. The number of rotatable bonds is 5. The van der Waals surface area contributed by atoms with E-state index in [1.807, 2.05) is 58.1 Å². The minimum Gasteiger partial charge on any atom is -0.368 e. The van der Waals surface area contributed by atoms with Crippen LogP contribution in [-0.4, -0.2) is 52.0 Å². The lowest BCUT2D eigenvalue weighted by atomic mass is 9.90. The predicted octanol–water partition coefficient (Wildman–Crippen LogP) is 2.76. The van der Waals surface area contributed by atoms with Gasteiger partial charge in [-0.15, -0.1) is 0 Å². The topological polar surface area (TPSA) is 88.0 Å². The summed E-state index contributed by atoms with van der Waals surface area (Å²) in [5.74, 6) is 0.460. The number of imidazole rings is 1. The molecule has 0 saturated carbocycles. The molecule has 0 radical (unpaired) electrons. The number of ether oxygens (including phenoxy) is 1. The van der Waals surface area contributed by atoms with Crippen molar-refractivity contribution >= 4 is 23.3 Å². The van der Waals surface area contributed by atoms with Gasteiger partial charge in [0.2, 0.25) is 0 Å². The maximum Gasteiger partial charge on any atom is 0.319 e. The van der Waals surface area contributed by atoms with Gasteiger partial charge in [0.15, 0.2) is 0 Å². The summed E-state index contributed by atoms with van der Waals surface area (Å²) in [5.41, 5.74) is 3.74. The van der Waals surface area contributed by atoms with Crippen LogP contribution in [0.25, 0.3) is 5.65 Å². The van der Waals surface area contributed by atoms with E-state index in [2.05, 4.69) is 15.6 Å². The molecule has 0 aliphatic carbocycles. The quantitative estimate of drug-likeness (QED) is 0.666. The second-order valence-electron chi connectivity index (χ2n) is 8.10. The van der Waals surface area contributed by atoms with Crippen LogP contribution in [0.2, 0.25) is 0 Å². The first kappa shape index (κ1) is 19.6. The smallest absolute Gasteiger partial charge is 0.319 e. The molecule has 3 amide bonds. The molecular formula is C23H25N5O3. The summed E-state index contributed by atoms with van der Waals surface area (Å²) in [4.78, 5) is 30.7. The number of aromatic nitrogens is 2. The van der Waals surface area contributed by atoms with E-state index in [0.717, 1.165) is 42.8 Å². The second kappa shape index (κ2) is 8.39. The number of carbonyl (C=O) groups is 2. The molecule has 8 nitrogen and oxygen atoms in total. The van der Waals surface area contributed by atoms with Gasteiger partial charge in [0.1, 0.15) is 11.8 Å². The minimum atomic E-state index is -0.257. The number of nitrogens with one attached hydrogen (secondary N) is 2. The van der Waals surface area contributed by atoms with Crippen molar-refractivity contribution in [2.24, 2.45) is 0 Å². The fourth-order valence-corrected chi connectivity index (χ4v) is 4.10. The minimum absolute atomic E-state index is 0.121. The third kappa shape index (κ3) is 4.25. The molecule has 2 N–H and O–H groups in total. The van der Waals surface area contributed by atoms with E-state index < -0.39 is 0 Å². The Balaban J connectivity index is 1.09. The number of benzene rings is 1. The SMILES string of the molecule is O=C(NCc1ccn2ccnc2c1)Nc1ccc(C2CN(C(=O)[C@@H]3CCCO3)C2)cc1. The number of pyridine rings is 1. The first-order chi connectivity index (χ1) is 15.2. The number of hydrogen-bond donors (Lipinski definition) is 2. The molecule has 4 heterocycles. The number of hydrogen-bond acceptors (Lipinski definition) is 4. The second-order valence-corrected chi connectivity index (χ2v) is 8.10. The molecule has 0 spiro atoms. The summed E-state index contributed by atoms with van der Waals surface area (Å²) < 4.78 is 7.41. The zero-order valence-electron chi connectivity index (χ0n) is 17.2. The number of amides is 3. The summed E-state index contributed by atoms with van der Waals surface area (Å²) in [5, 5.41) is 5.72. The van der Waals surface area contributed by atoms with E-state index in [-0.39, 0.29) is 18.0 Å². The van der Waals surface area contributed by atoms with Gasteiger partial charge < -0.3 is 24.7 Å². The highest BCUT2D eigenvalue weighted by Gasteiger charge is 2.36. The van der Waals surface area contributed by atoms with Gasteiger partial charge >= 0.3 is 6.03 Å². The summed E-state index contributed by atoms with van der Waals surface area (Å²) in [7, 11) is 0. The van der Waals surface area contributed by atoms with E-state index in [9.17, 15) is 9.59 Å². The highest BCUT2D eigenvalue weighted by molar-refractivity contribution is 5.89. The molecule has 0 bridgehead atoms. The van der Waals surface area contributed by atoms with Crippen molar-refractivity contribution in [1.29, 1.82) is 0 Å². The van der Waals surface area contributed by atoms with E-state index in [1.54, 1.807) is 6.20 Å². The van der Waals surface area contributed by atoms with Gasteiger partial charge in [-0.25, -0.2) is 9.78 Å². The van der Waals surface area contributed by atoms with Crippen molar-refractivity contribution in [3.8, 4) is 0 Å². The Labute approximate surface area is 180 Å². The van der Waals surface area contributed by atoms with E-state index in [1.165, 1.54) is 5.56 Å². The highest BCUT2D eigenvalue weighted by Crippen LogP contribution is 2.29. The number of nitrogens with zero attached hydrogens (tertiary/aromatic N) is 3. The molecule has 160 valence electrons. The number of fused-ring (bicyclic) bond motifs is 1. The van der Waals surface area contributed by atoms with Crippen LogP contribution in [0.4, 0.5) is 10.5 Å². The Morgan fingerprint density at radius 3 is 2.74 bits per heavy atom. The van der Waals surface area contributed by atoms with Crippen LogP contribution in [0.15, 0.2) is 55.0 Å². The number of urea groups is 1. The number of anilines is 1. The number of carbonyl (C=O) groups excluding carboxylic acids is 2. The van der Waals surface area contributed by atoms with Crippen LogP contribution in [0.1, 0.15) is 29.9 Å². The third-order valence-corrected chi connectivity index (χ3v) is 5.95. The molecule has 2 aliphatic heterocycles. The van der Waals surface area contributed by atoms with Crippen molar-refractivity contribution in [3.63, 3.8) is 0 Å². The Morgan fingerprint density at radius 1 is 1.13 bits per heavy atom. The zero-order valence-corrected chi connectivity index (χ0v) is 17.2. The number of likely N-dealkylation sites (tertiary alicyclic amines) is 1. The normalized spacial score (nSPS) is 18.7. The summed E-state index contributed by atoms with van der Waals surface area (Å²) in [6.45, 7) is 2.57. The lowest BCUT2D eigenvalue weighted by Crippen LogP contribution is -2.52. The van der Waals surface area contributed by atoms with Gasteiger partial charge in [0.05, 0.1) is 0 Å². The molecular weight excluding hydrogens is 394 g/mol. The predicted molar refractivity (Wildman–Crippen MR) is 116 cm³/mol. The van der Waals surface area contributed by atoms with Crippen molar-refractivity contribution in [2.45, 2.75) is 31.4 Å². The Kier molecular flexibility index (Phi) is 5.30. The van der Waals surface area contributed by atoms with Crippen LogP contribution in [0.3, 0.4) is 0 Å². The summed E-state index contributed by atoms with van der Waals surface area (Å²) in [6, 6.07) is 11.5. The Hall–Kier alpha value is -3.39. The van der Waals surface area contributed by atoms with Crippen LogP contribution in [0.5, 0.6) is 0 Å². The van der Waals surface area contributed by atoms with E-state index in [0.29, 0.717) is 19.1 Å². The molecule has 0 unspecified atom stereocenters. The van der Waals surface area contributed by atoms with E-state index in [4.69, 9.17) is 4.74 Å². The van der Waals surface area contributed by atoms with Crippen LogP contribution in [0, 0.1) is 0 Å². The lowest BCUT2D eigenvalue weighted by Gasteiger charge is -2.40. The molecule has 1 aromatic carbocycles. The van der Waals surface area contributed by atoms with Crippen molar-refractivity contribution < 1.29 is 14.3 Å². The molecule has 1 atom stereocenters. The fraction of sp³-hybridized carbons (Fsp3) is 0.348. The average Bonchev–Trinajstić information content (AvgIpc) is 3.44. The Bertz CT molecular complexity index is 1080. The molecule has 31 heavy (non-hydrogen) atoms.